The summed E-state index contributed by atoms with van der Waals surface area (Å²) in [4.78, 5) is 13.2. The van der Waals surface area contributed by atoms with Gasteiger partial charge in [-0.2, -0.15) is 0 Å². The summed E-state index contributed by atoms with van der Waals surface area (Å²) in [6.45, 7) is 3.85. The monoisotopic (exact) mass is 200 g/mol. The molecule has 82 valence electrons. The smallest absolute Gasteiger partial charge is 0.222 e. The summed E-state index contributed by atoms with van der Waals surface area (Å²) in [5, 5.41) is 13.0. The minimum absolute atomic E-state index is 0.191. The van der Waals surface area contributed by atoms with Crippen LogP contribution in [0.2, 0.25) is 0 Å². The molecule has 4 nitrogen and oxygen atoms in total. The van der Waals surface area contributed by atoms with Crippen LogP contribution in [0.25, 0.3) is 0 Å². The summed E-state index contributed by atoms with van der Waals surface area (Å²) < 4.78 is 0. The first-order valence-corrected chi connectivity index (χ1v) is 5.26. The van der Waals surface area contributed by atoms with E-state index in [0.29, 0.717) is 38.9 Å². The van der Waals surface area contributed by atoms with Gasteiger partial charge in [-0.05, 0) is 19.9 Å². The van der Waals surface area contributed by atoms with Gasteiger partial charge in [0.05, 0.1) is 5.60 Å². The summed E-state index contributed by atoms with van der Waals surface area (Å²) in [6.07, 6.45) is 1.92. The van der Waals surface area contributed by atoms with E-state index >= 15 is 0 Å². The Kier molecular flexibility index (Phi) is 3.89. The number of amides is 1. The predicted octanol–water partition coefficient (Wildman–Crippen LogP) is -0.0307. The largest absolute Gasteiger partial charge is 0.388 e. The third-order valence-corrected chi connectivity index (χ3v) is 2.86. The van der Waals surface area contributed by atoms with Crippen LogP contribution in [0.3, 0.4) is 0 Å². The van der Waals surface area contributed by atoms with Gasteiger partial charge < -0.3 is 15.3 Å². The lowest BCUT2D eigenvalue weighted by Crippen LogP contribution is -2.50. The molecule has 1 heterocycles. The van der Waals surface area contributed by atoms with E-state index in [1.54, 1.807) is 0 Å². The first-order valence-electron chi connectivity index (χ1n) is 5.26. The van der Waals surface area contributed by atoms with Crippen LogP contribution in [0.15, 0.2) is 0 Å². The maximum atomic E-state index is 11.4. The molecule has 1 rings (SSSR count). The van der Waals surface area contributed by atoms with E-state index < -0.39 is 5.60 Å². The molecule has 0 aromatic carbocycles. The molecular weight excluding hydrogens is 180 g/mol. The van der Waals surface area contributed by atoms with Crippen molar-refractivity contribution in [3.63, 3.8) is 0 Å². The van der Waals surface area contributed by atoms with Gasteiger partial charge in [0.1, 0.15) is 0 Å². The summed E-state index contributed by atoms with van der Waals surface area (Å²) in [7, 11) is 1.83. The fourth-order valence-electron chi connectivity index (χ4n) is 1.90. The molecule has 0 aromatic heterocycles. The van der Waals surface area contributed by atoms with Gasteiger partial charge in [-0.25, -0.2) is 0 Å². The fraction of sp³-hybridized carbons (Fsp3) is 0.900. The Bertz CT molecular complexity index is 198. The highest BCUT2D eigenvalue weighted by Crippen LogP contribution is 2.21. The molecule has 2 N–H and O–H groups in total. The van der Waals surface area contributed by atoms with Crippen molar-refractivity contribution in [2.45, 2.75) is 31.8 Å². The molecule has 14 heavy (non-hydrogen) atoms. The van der Waals surface area contributed by atoms with E-state index in [1.807, 2.05) is 18.9 Å². The van der Waals surface area contributed by atoms with Crippen molar-refractivity contribution in [2.24, 2.45) is 0 Å². The van der Waals surface area contributed by atoms with Gasteiger partial charge in [-0.3, -0.25) is 4.79 Å². The summed E-state index contributed by atoms with van der Waals surface area (Å²) in [6, 6.07) is 0. The van der Waals surface area contributed by atoms with Gasteiger partial charge in [-0.1, -0.05) is 6.92 Å². The third kappa shape index (κ3) is 2.69. The number of nitrogens with one attached hydrogen (secondary N) is 1. The molecule has 0 aliphatic carbocycles. The fourth-order valence-corrected chi connectivity index (χ4v) is 1.90. The Balaban J connectivity index is 2.41. The summed E-state index contributed by atoms with van der Waals surface area (Å²) in [5.74, 6) is 0.191. The Morgan fingerprint density at radius 1 is 1.50 bits per heavy atom. The maximum absolute atomic E-state index is 11.4. The first kappa shape index (κ1) is 11.5. The number of aliphatic hydroxyl groups is 1. The van der Waals surface area contributed by atoms with Crippen molar-refractivity contribution in [1.82, 2.24) is 10.2 Å². The number of carbonyl (C=O) groups is 1. The second-order valence-corrected chi connectivity index (χ2v) is 3.99. The van der Waals surface area contributed by atoms with Gasteiger partial charge in [-0.15, -0.1) is 0 Å². The molecule has 1 aliphatic rings. The van der Waals surface area contributed by atoms with Crippen LogP contribution in [-0.2, 0) is 4.79 Å². The zero-order chi connectivity index (χ0) is 10.6. The van der Waals surface area contributed by atoms with Crippen molar-refractivity contribution < 1.29 is 9.90 Å². The zero-order valence-corrected chi connectivity index (χ0v) is 9.05. The molecule has 0 bridgehead atoms. The number of carbonyl (C=O) groups excluding carboxylic acids is 1. The molecule has 0 radical (unpaired) electrons. The van der Waals surface area contributed by atoms with Crippen molar-refractivity contribution in [3.8, 4) is 0 Å². The van der Waals surface area contributed by atoms with Crippen LogP contribution in [-0.4, -0.2) is 48.2 Å². The number of likely N-dealkylation sites (N-methyl/N-ethyl adjacent to an activating group) is 1. The molecule has 0 spiro atoms. The lowest BCUT2D eigenvalue weighted by Gasteiger charge is -2.38. The van der Waals surface area contributed by atoms with Crippen molar-refractivity contribution in [2.75, 3.05) is 26.7 Å². The molecule has 0 saturated carbocycles. The maximum Gasteiger partial charge on any atom is 0.222 e. The SMILES string of the molecule is CCC(=O)N1CCC(O)(CNC)CC1. The number of likely N-dealkylation sites (tertiary alicyclic amines) is 1. The number of nitrogens with zero attached hydrogens (tertiary/aromatic N) is 1. The van der Waals surface area contributed by atoms with Crippen molar-refractivity contribution in [1.29, 1.82) is 0 Å². The lowest BCUT2D eigenvalue weighted by atomic mass is 9.91. The van der Waals surface area contributed by atoms with E-state index in [0.717, 1.165) is 0 Å². The molecule has 1 aliphatic heterocycles. The van der Waals surface area contributed by atoms with Crippen LogP contribution in [0.1, 0.15) is 26.2 Å². The highest BCUT2D eigenvalue weighted by atomic mass is 16.3. The molecular formula is C10H20N2O2. The Labute approximate surface area is 85.3 Å². The van der Waals surface area contributed by atoms with Gasteiger partial charge >= 0.3 is 0 Å². The highest BCUT2D eigenvalue weighted by molar-refractivity contribution is 5.75. The summed E-state index contributed by atoms with van der Waals surface area (Å²) >= 11 is 0. The Morgan fingerprint density at radius 2 is 2.07 bits per heavy atom. The first-order chi connectivity index (χ1) is 6.61. The minimum atomic E-state index is -0.612. The second-order valence-electron chi connectivity index (χ2n) is 3.99. The zero-order valence-electron chi connectivity index (χ0n) is 9.05. The predicted molar refractivity (Wildman–Crippen MR) is 55.0 cm³/mol. The molecule has 1 saturated heterocycles. The quantitative estimate of drug-likeness (QED) is 0.672. The number of rotatable bonds is 3. The van der Waals surface area contributed by atoms with Gasteiger partial charge in [0.25, 0.3) is 0 Å². The number of piperidine rings is 1. The molecule has 4 heteroatoms. The minimum Gasteiger partial charge on any atom is -0.388 e. The van der Waals surface area contributed by atoms with Crippen LogP contribution in [0, 0.1) is 0 Å². The molecule has 0 aromatic rings. The molecule has 0 atom stereocenters. The molecule has 1 amide bonds. The van der Waals surface area contributed by atoms with Crippen LogP contribution in [0.5, 0.6) is 0 Å². The Hall–Kier alpha value is -0.610. The van der Waals surface area contributed by atoms with Crippen molar-refractivity contribution >= 4 is 5.91 Å². The standard InChI is InChI=1S/C10H20N2O2/c1-3-9(13)12-6-4-10(14,5-7-12)8-11-2/h11,14H,3-8H2,1-2H3. The third-order valence-electron chi connectivity index (χ3n) is 2.86. The normalized spacial score (nSPS) is 20.9. The lowest BCUT2D eigenvalue weighted by molar-refractivity contribution is -0.134. The number of hydrogen-bond acceptors (Lipinski definition) is 3. The van der Waals surface area contributed by atoms with E-state index in [1.165, 1.54) is 0 Å². The average Bonchev–Trinajstić information content (AvgIpc) is 2.18. The summed E-state index contributed by atoms with van der Waals surface area (Å²) in [5.41, 5.74) is -0.612. The van der Waals surface area contributed by atoms with E-state index in [-0.39, 0.29) is 5.91 Å². The number of hydrogen-bond donors (Lipinski definition) is 2. The Morgan fingerprint density at radius 3 is 2.50 bits per heavy atom. The van der Waals surface area contributed by atoms with Gasteiger partial charge in [0, 0.05) is 26.1 Å². The highest BCUT2D eigenvalue weighted by Gasteiger charge is 2.32. The van der Waals surface area contributed by atoms with E-state index in [9.17, 15) is 9.90 Å². The average molecular weight is 200 g/mol. The van der Waals surface area contributed by atoms with E-state index in [2.05, 4.69) is 5.32 Å². The van der Waals surface area contributed by atoms with Gasteiger partial charge in [0.15, 0.2) is 0 Å². The topological polar surface area (TPSA) is 52.6 Å². The molecule has 1 fully saturated rings. The van der Waals surface area contributed by atoms with Crippen molar-refractivity contribution in [3.05, 3.63) is 0 Å². The molecule has 0 unspecified atom stereocenters. The van der Waals surface area contributed by atoms with Crippen LogP contribution >= 0.6 is 0 Å². The van der Waals surface area contributed by atoms with Crippen LogP contribution in [0.4, 0.5) is 0 Å². The second kappa shape index (κ2) is 4.75. The van der Waals surface area contributed by atoms with E-state index in [4.69, 9.17) is 0 Å². The van der Waals surface area contributed by atoms with Gasteiger partial charge in [0.2, 0.25) is 5.91 Å². The van der Waals surface area contributed by atoms with Crippen LogP contribution < -0.4 is 5.32 Å².